The highest BCUT2D eigenvalue weighted by atomic mass is 16.7. The number of aromatic hydroxyl groups is 3. The summed E-state index contributed by atoms with van der Waals surface area (Å²) in [5.41, 5.74) is -0.792. The van der Waals surface area contributed by atoms with Crippen molar-refractivity contribution in [3.05, 3.63) is 34.5 Å². The molecule has 2 heterocycles. The van der Waals surface area contributed by atoms with Gasteiger partial charge in [-0.3, -0.25) is 4.79 Å². The van der Waals surface area contributed by atoms with Crippen molar-refractivity contribution in [1.29, 1.82) is 0 Å². The number of phenolic OH excluding ortho intramolecular Hbond substituents is 3. The third-order valence-corrected chi connectivity index (χ3v) is 4.94. The molecule has 1 aromatic heterocycles. The number of fused-ring (bicyclic) bond motifs is 2. The highest BCUT2D eigenvalue weighted by molar-refractivity contribution is 5.96. The van der Waals surface area contributed by atoms with Crippen molar-refractivity contribution in [1.82, 2.24) is 0 Å². The average molecular weight is 422 g/mol. The molecule has 0 unspecified atom stereocenters. The summed E-state index contributed by atoms with van der Waals surface area (Å²) in [5, 5.41) is 69.1. The van der Waals surface area contributed by atoms with E-state index in [0.29, 0.717) is 0 Å². The first-order valence-electron chi connectivity index (χ1n) is 8.84. The normalized spacial score (nSPS) is 26.9. The number of aliphatic hydroxyl groups excluding tert-OH is 4. The van der Waals surface area contributed by atoms with E-state index in [1.807, 2.05) is 0 Å². The number of benzene rings is 2. The molecule has 1 fully saturated rings. The van der Waals surface area contributed by atoms with Crippen LogP contribution in [-0.2, 0) is 4.74 Å². The predicted octanol–water partition coefficient (Wildman–Crippen LogP) is -0.758. The lowest BCUT2D eigenvalue weighted by atomic mass is 9.99. The van der Waals surface area contributed by atoms with Gasteiger partial charge in [-0.1, -0.05) is 0 Å². The van der Waals surface area contributed by atoms with Gasteiger partial charge in [0.1, 0.15) is 46.7 Å². The quantitative estimate of drug-likeness (QED) is 0.263. The van der Waals surface area contributed by atoms with E-state index >= 15 is 0 Å². The van der Waals surface area contributed by atoms with Crippen LogP contribution in [0.2, 0.25) is 0 Å². The molecule has 11 heteroatoms. The van der Waals surface area contributed by atoms with Crippen molar-refractivity contribution in [3.8, 4) is 23.0 Å². The summed E-state index contributed by atoms with van der Waals surface area (Å²) in [5.74, 6) is -2.36. The van der Waals surface area contributed by atoms with E-state index in [9.17, 15) is 40.5 Å². The first-order chi connectivity index (χ1) is 14.2. The molecule has 1 aliphatic rings. The molecule has 1 aliphatic heterocycles. The molecule has 160 valence electrons. The van der Waals surface area contributed by atoms with Gasteiger partial charge in [0.15, 0.2) is 11.5 Å². The zero-order valence-electron chi connectivity index (χ0n) is 15.2. The zero-order chi connectivity index (χ0) is 21.7. The number of hydrogen-bond donors (Lipinski definition) is 7. The maximum Gasteiger partial charge on any atom is 0.229 e. The fraction of sp³-hybridized carbons (Fsp3) is 0.316. The topological polar surface area (TPSA) is 190 Å². The minimum absolute atomic E-state index is 0.0396. The lowest BCUT2D eigenvalue weighted by Gasteiger charge is -2.39. The van der Waals surface area contributed by atoms with Crippen LogP contribution in [0.3, 0.4) is 0 Å². The standard InChI is InChI=1S/C19H18O11/c20-5-11-14(24)16(26)17(27)19(29-11)30-18-8(22)4-10-12(15(18)25)13(23)7-3-6(21)1-2-9(7)28-10/h1-4,11,14,16-17,19-22,24-27H,5H2/t11-,14-,16+,17-,19+/m1/s1. The number of rotatable bonds is 3. The van der Waals surface area contributed by atoms with E-state index in [0.717, 1.165) is 12.1 Å². The molecule has 4 rings (SSSR count). The lowest BCUT2D eigenvalue weighted by molar-refractivity contribution is -0.277. The van der Waals surface area contributed by atoms with Crippen LogP contribution in [-0.4, -0.2) is 73.1 Å². The fourth-order valence-electron chi connectivity index (χ4n) is 3.35. The summed E-state index contributed by atoms with van der Waals surface area (Å²) in [7, 11) is 0. The summed E-state index contributed by atoms with van der Waals surface area (Å²) in [4.78, 5) is 12.8. The lowest BCUT2D eigenvalue weighted by Crippen LogP contribution is -2.60. The minimum Gasteiger partial charge on any atom is -0.508 e. The molecular formula is C19H18O11. The Morgan fingerprint density at radius 3 is 2.40 bits per heavy atom. The van der Waals surface area contributed by atoms with E-state index < -0.39 is 60.0 Å². The van der Waals surface area contributed by atoms with E-state index in [2.05, 4.69) is 0 Å². The van der Waals surface area contributed by atoms with Crippen LogP contribution in [0.4, 0.5) is 0 Å². The molecule has 0 aliphatic carbocycles. The van der Waals surface area contributed by atoms with Gasteiger partial charge in [-0.05, 0) is 18.2 Å². The Labute approximate surface area is 167 Å². The van der Waals surface area contributed by atoms with Gasteiger partial charge in [0.2, 0.25) is 17.5 Å². The van der Waals surface area contributed by atoms with Gasteiger partial charge < -0.3 is 49.6 Å². The SMILES string of the molecule is O=c1c2cc(O)ccc2oc2cc(O)c(O[C@@H]3O[C@H](CO)[C@@H](O)[C@H](O)[C@H]3O)c(O)c12. The molecule has 7 N–H and O–H groups in total. The second-order valence-corrected chi connectivity index (χ2v) is 6.87. The van der Waals surface area contributed by atoms with Crippen molar-refractivity contribution >= 4 is 21.9 Å². The Balaban J connectivity index is 1.82. The summed E-state index contributed by atoms with van der Waals surface area (Å²) in [6.07, 6.45) is -8.17. The Morgan fingerprint density at radius 2 is 1.70 bits per heavy atom. The zero-order valence-corrected chi connectivity index (χ0v) is 15.2. The summed E-state index contributed by atoms with van der Waals surface area (Å²) >= 11 is 0. The molecule has 11 nitrogen and oxygen atoms in total. The van der Waals surface area contributed by atoms with Crippen LogP contribution in [0, 0.1) is 0 Å². The molecule has 2 aromatic carbocycles. The number of phenols is 3. The largest absolute Gasteiger partial charge is 0.508 e. The number of ether oxygens (including phenoxy) is 2. The third kappa shape index (κ3) is 3.09. The summed E-state index contributed by atoms with van der Waals surface area (Å²) in [6.45, 7) is -0.709. The van der Waals surface area contributed by atoms with Crippen LogP contribution in [0.15, 0.2) is 33.5 Å². The van der Waals surface area contributed by atoms with Crippen LogP contribution in [0.1, 0.15) is 0 Å². The van der Waals surface area contributed by atoms with E-state index in [1.54, 1.807) is 0 Å². The van der Waals surface area contributed by atoms with Crippen molar-refractivity contribution < 1.29 is 49.6 Å². The Kier molecular flexibility index (Phi) is 4.92. The van der Waals surface area contributed by atoms with Crippen LogP contribution in [0.5, 0.6) is 23.0 Å². The first-order valence-corrected chi connectivity index (χ1v) is 8.84. The highest BCUT2D eigenvalue weighted by Gasteiger charge is 2.45. The van der Waals surface area contributed by atoms with Crippen LogP contribution < -0.4 is 10.2 Å². The van der Waals surface area contributed by atoms with Crippen LogP contribution >= 0.6 is 0 Å². The van der Waals surface area contributed by atoms with Gasteiger partial charge in [-0.25, -0.2) is 0 Å². The smallest absolute Gasteiger partial charge is 0.229 e. The Morgan fingerprint density at radius 1 is 0.967 bits per heavy atom. The highest BCUT2D eigenvalue weighted by Crippen LogP contribution is 2.43. The van der Waals surface area contributed by atoms with Gasteiger partial charge in [-0.2, -0.15) is 0 Å². The molecule has 0 radical (unpaired) electrons. The second-order valence-electron chi connectivity index (χ2n) is 6.87. The van der Waals surface area contributed by atoms with Gasteiger partial charge in [0, 0.05) is 6.07 Å². The summed E-state index contributed by atoms with van der Waals surface area (Å²) in [6, 6.07) is 4.79. The first kappa shape index (κ1) is 20.2. The summed E-state index contributed by atoms with van der Waals surface area (Å²) < 4.78 is 16.0. The van der Waals surface area contributed by atoms with E-state index in [-0.39, 0.29) is 27.7 Å². The molecule has 0 amide bonds. The molecule has 0 spiro atoms. The van der Waals surface area contributed by atoms with E-state index in [4.69, 9.17) is 13.9 Å². The van der Waals surface area contributed by atoms with Crippen LogP contribution in [0.25, 0.3) is 21.9 Å². The average Bonchev–Trinajstić information content (AvgIpc) is 2.71. The Hall–Kier alpha value is -3.09. The second kappa shape index (κ2) is 7.31. The maximum atomic E-state index is 12.8. The molecule has 5 atom stereocenters. The van der Waals surface area contributed by atoms with Gasteiger partial charge in [-0.15, -0.1) is 0 Å². The van der Waals surface area contributed by atoms with Gasteiger partial charge in [0.25, 0.3) is 0 Å². The van der Waals surface area contributed by atoms with Crippen molar-refractivity contribution in [2.75, 3.05) is 6.61 Å². The molecule has 0 saturated carbocycles. The van der Waals surface area contributed by atoms with Crippen molar-refractivity contribution in [2.45, 2.75) is 30.7 Å². The van der Waals surface area contributed by atoms with Gasteiger partial charge >= 0.3 is 0 Å². The van der Waals surface area contributed by atoms with Gasteiger partial charge in [0.05, 0.1) is 12.0 Å². The maximum absolute atomic E-state index is 12.8. The molecule has 30 heavy (non-hydrogen) atoms. The Bertz CT molecular complexity index is 1170. The molecule has 1 saturated heterocycles. The number of aliphatic hydroxyl groups is 4. The van der Waals surface area contributed by atoms with E-state index in [1.165, 1.54) is 12.1 Å². The van der Waals surface area contributed by atoms with Crippen molar-refractivity contribution in [2.24, 2.45) is 0 Å². The van der Waals surface area contributed by atoms with Crippen molar-refractivity contribution in [3.63, 3.8) is 0 Å². The molecule has 3 aromatic rings. The fourth-order valence-corrected chi connectivity index (χ4v) is 3.35. The predicted molar refractivity (Wildman–Crippen MR) is 99.4 cm³/mol. The third-order valence-electron chi connectivity index (χ3n) is 4.94. The number of hydrogen-bond acceptors (Lipinski definition) is 11. The monoisotopic (exact) mass is 422 g/mol. The minimum atomic E-state index is -1.80. The molecule has 0 bridgehead atoms. The molecular weight excluding hydrogens is 404 g/mol.